The first-order chi connectivity index (χ1) is 10.4. The zero-order valence-electron chi connectivity index (χ0n) is 14.1. The largest absolute Gasteiger partial charge is 0.428 e. The maximum absolute atomic E-state index is 11.9. The standard InChI is InChI=1S/C15H24O6S2/c1-9(2)13(18)20-8-21-14(19)23-7-11(10(3)16)6-12(17)15(4,5)22/h9,11,22H,6-8H2,1-5H3/t11-/m0/s1. The summed E-state index contributed by atoms with van der Waals surface area (Å²) in [5.41, 5.74) is 0. The molecule has 0 heterocycles. The molecular formula is C15H24O6S2. The van der Waals surface area contributed by atoms with Crippen molar-refractivity contribution in [3.8, 4) is 0 Å². The van der Waals surface area contributed by atoms with Gasteiger partial charge in [0.05, 0.1) is 10.7 Å². The number of ether oxygens (including phenoxy) is 2. The number of hydrogen-bond acceptors (Lipinski definition) is 8. The minimum absolute atomic E-state index is 0.0223. The van der Waals surface area contributed by atoms with Crippen LogP contribution in [0.15, 0.2) is 0 Å². The van der Waals surface area contributed by atoms with Crippen molar-refractivity contribution in [2.24, 2.45) is 11.8 Å². The van der Waals surface area contributed by atoms with Gasteiger partial charge in [0, 0.05) is 18.1 Å². The van der Waals surface area contributed by atoms with Gasteiger partial charge in [0.25, 0.3) is 0 Å². The molecule has 0 unspecified atom stereocenters. The fraction of sp³-hybridized carbons (Fsp3) is 0.733. The van der Waals surface area contributed by atoms with E-state index in [4.69, 9.17) is 9.47 Å². The summed E-state index contributed by atoms with van der Waals surface area (Å²) in [5.74, 6) is -1.57. The molecule has 0 bridgehead atoms. The first kappa shape index (κ1) is 22.0. The van der Waals surface area contributed by atoms with Gasteiger partial charge in [-0.05, 0) is 32.5 Å². The molecule has 0 aliphatic carbocycles. The zero-order chi connectivity index (χ0) is 18.2. The topological polar surface area (TPSA) is 86.7 Å². The van der Waals surface area contributed by atoms with Crippen molar-refractivity contribution < 1.29 is 28.7 Å². The predicted octanol–water partition coefficient (Wildman–Crippen LogP) is 2.89. The van der Waals surface area contributed by atoms with Crippen molar-refractivity contribution in [1.82, 2.24) is 0 Å². The lowest BCUT2D eigenvalue weighted by Gasteiger charge is -2.19. The quantitative estimate of drug-likeness (QED) is 0.382. The molecule has 1 atom stereocenters. The number of thioether (sulfide) groups is 1. The van der Waals surface area contributed by atoms with E-state index in [1.807, 2.05) is 0 Å². The Labute approximate surface area is 146 Å². The Morgan fingerprint density at radius 2 is 1.70 bits per heavy atom. The number of ketones is 2. The zero-order valence-corrected chi connectivity index (χ0v) is 15.8. The Hall–Kier alpha value is -1.02. The lowest BCUT2D eigenvalue weighted by Crippen LogP contribution is -2.30. The maximum Gasteiger partial charge on any atom is 0.370 e. The lowest BCUT2D eigenvalue weighted by molar-refractivity contribution is -0.155. The molecular weight excluding hydrogens is 340 g/mol. The minimum Gasteiger partial charge on any atom is -0.428 e. The van der Waals surface area contributed by atoms with Crippen LogP contribution in [-0.4, -0.2) is 40.1 Å². The van der Waals surface area contributed by atoms with Crippen molar-refractivity contribution in [3.63, 3.8) is 0 Å². The van der Waals surface area contributed by atoms with E-state index in [0.29, 0.717) is 0 Å². The smallest absolute Gasteiger partial charge is 0.370 e. The van der Waals surface area contributed by atoms with E-state index >= 15 is 0 Å². The van der Waals surface area contributed by atoms with Gasteiger partial charge in [-0.15, -0.1) is 0 Å². The van der Waals surface area contributed by atoms with Gasteiger partial charge in [-0.1, -0.05) is 13.8 Å². The van der Waals surface area contributed by atoms with Crippen molar-refractivity contribution in [2.75, 3.05) is 12.5 Å². The Morgan fingerprint density at radius 3 is 2.13 bits per heavy atom. The molecule has 23 heavy (non-hydrogen) atoms. The van der Waals surface area contributed by atoms with Gasteiger partial charge < -0.3 is 9.47 Å². The molecule has 0 aliphatic heterocycles. The summed E-state index contributed by atoms with van der Waals surface area (Å²) < 4.78 is 8.62. The molecule has 0 N–H and O–H groups in total. The van der Waals surface area contributed by atoms with Crippen LogP contribution < -0.4 is 0 Å². The summed E-state index contributed by atoms with van der Waals surface area (Å²) >= 11 is 4.95. The number of hydrogen-bond donors (Lipinski definition) is 1. The van der Waals surface area contributed by atoms with E-state index in [0.717, 1.165) is 11.8 Å². The van der Waals surface area contributed by atoms with Gasteiger partial charge in [-0.25, -0.2) is 4.79 Å². The van der Waals surface area contributed by atoms with Crippen LogP contribution in [0.3, 0.4) is 0 Å². The third-order valence-corrected chi connectivity index (χ3v) is 4.11. The van der Waals surface area contributed by atoms with Crippen LogP contribution in [0, 0.1) is 11.8 Å². The molecule has 0 aromatic rings. The summed E-state index contributed by atoms with van der Waals surface area (Å²) in [6, 6.07) is 0. The molecule has 0 fully saturated rings. The van der Waals surface area contributed by atoms with E-state index in [9.17, 15) is 19.2 Å². The molecule has 0 aromatic carbocycles. The van der Waals surface area contributed by atoms with Gasteiger partial charge in [-0.3, -0.25) is 14.4 Å². The first-order valence-electron chi connectivity index (χ1n) is 7.17. The second kappa shape index (κ2) is 9.97. The van der Waals surface area contributed by atoms with Crippen molar-refractivity contribution in [2.45, 2.75) is 45.8 Å². The van der Waals surface area contributed by atoms with E-state index in [1.54, 1.807) is 27.7 Å². The molecule has 0 aromatic heterocycles. The van der Waals surface area contributed by atoms with Crippen LogP contribution >= 0.6 is 24.4 Å². The third kappa shape index (κ3) is 9.65. The third-order valence-electron chi connectivity index (χ3n) is 2.94. The summed E-state index contributed by atoms with van der Waals surface area (Å²) in [6.07, 6.45) is 0.0223. The monoisotopic (exact) mass is 364 g/mol. The fourth-order valence-corrected chi connectivity index (χ4v) is 2.22. The van der Waals surface area contributed by atoms with Crippen LogP contribution in [0.4, 0.5) is 4.79 Å². The summed E-state index contributed by atoms with van der Waals surface area (Å²) in [5, 5.41) is -0.662. The average Bonchev–Trinajstić information content (AvgIpc) is 2.41. The SMILES string of the molecule is CC(=O)[C@H](CSC(=O)OCOC(=O)C(C)C)CC(=O)C(C)(C)S. The minimum atomic E-state index is -0.829. The molecule has 0 saturated carbocycles. The number of thiol groups is 1. The molecule has 0 spiro atoms. The highest BCUT2D eigenvalue weighted by molar-refractivity contribution is 8.13. The number of rotatable bonds is 9. The second-order valence-corrected chi connectivity index (χ2v) is 8.01. The lowest BCUT2D eigenvalue weighted by atomic mass is 9.94. The Kier molecular flexibility index (Phi) is 9.53. The highest BCUT2D eigenvalue weighted by Gasteiger charge is 2.28. The van der Waals surface area contributed by atoms with Gasteiger partial charge in [0.15, 0.2) is 0 Å². The molecule has 0 rings (SSSR count). The van der Waals surface area contributed by atoms with Crippen molar-refractivity contribution in [3.05, 3.63) is 0 Å². The van der Waals surface area contributed by atoms with Crippen LogP contribution in [0.25, 0.3) is 0 Å². The van der Waals surface area contributed by atoms with Gasteiger partial charge >= 0.3 is 11.3 Å². The van der Waals surface area contributed by atoms with E-state index in [1.165, 1.54) is 6.92 Å². The predicted molar refractivity (Wildman–Crippen MR) is 91.6 cm³/mol. The van der Waals surface area contributed by atoms with Crippen molar-refractivity contribution in [1.29, 1.82) is 0 Å². The Bertz CT molecular complexity index is 453. The van der Waals surface area contributed by atoms with Crippen LogP contribution in [0.5, 0.6) is 0 Å². The van der Waals surface area contributed by atoms with E-state index in [-0.39, 0.29) is 29.7 Å². The van der Waals surface area contributed by atoms with Crippen LogP contribution in [-0.2, 0) is 23.9 Å². The first-order valence-corrected chi connectivity index (χ1v) is 8.60. The molecule has 132 valence electrons. The van der Waals surface area contributed by atoms with Crippen molar-refractivity contribution >= 4 is 47.2 Å². The van der Waals surface area contributed by atoms with Crippen LogP contribution in [0.1, 0.15) is 41.0 Å². The maximum atomic E-state index is 11.9. The van der Waals surface area contributed by atoms with Gasteiger partial charge in [0.2, 0.25) is 6.79 Å². The fourth-order valence-electron chi connectivity index (χ4n) is 1.31. The summed E-state index contributed by atoms with van der Waals surface area (Å²) in [6.45, 7) is 7.54. The molecule has 0 radical (unpaired) electrons. The average molecular weight is 364 g/mol. The Balaban J connectivity index is 4.27. The Morgan fingerprint density at radius 1 is 1.13 bits per heavy atom. The van der Waals surface area contributed by atoms with Crippen LogP contribution in [0.2, 0.25) is 0 Å². The summed E-state index contributed by atoms with van der Waals surface area (Å²) in [4.78, 5) is 46.2. The highest BCUT2D eigenvalue weighted by Crippen LogP contribution is 2.22. The normalized spacial score (nSPS) is 12.7. The number of esters is 1. The van der Waals surface area contributed by atoms with E-state index < -0.39 is 28.7 Å². The second-order valence-electron chi connectivity index (χ2n) is 5.94. The highest BCUT2D eigenvalue weighted by atomic mass is 32.2. The van der Waals surface area contributed by atoms with Gasteiger partial charge in [0.1, 0.15) is 11.6 Å². The number of carbonyl (C=O) groups excluding carboxylic acids is 4. The molecule has 0 saturated heterocycles. The molecule has 0 aliphatic rings. The number of carbonyl (C=O) groups is 4. The molecule has 0 amide bonds. The van der Waals surface area contributed by atoms with E-state index in [2.05, 4.69) is 12.6 Å². The molecule has 6 nitrogen and oxygen atoms in total. The number of Topliss-reactive ketones (excluding diaryl/α,β-unsaturated/α-hetero) is 2. The molecule has 8 heteroatoms. The van der Waals surface area contributed by atoms with Gasteiger partial charge in [-0.2, -0.15) is 12.6 Å². The summed E-state index contributed by atoms with van der Waals surface area (Å²) in [7, 11) is 0.